The lowest BCUT2D eigenvalue weighted by molar-refractivity contribution is 0.0196. The lowest BCUT2D eigenvalue weighted by Gasteiger charge is -2.40. The Balaban J connectivity index is 2.22. The normalized spacial score (nSPS) is 37.5. The van der Waals surface area contributed by atoms with E-state index in [-0.39, 0.29) is 6.04 Å². The van der Waals surface area contributed by atoms with Gasteiger partial charge in [0.25, 0.3) is 0 Å². The maximum atomic E-state index is 13.7. The molecule has 0 saturated heterocycles. The summed E-state index contributed by atoms with van der Waals surface area (Å²) in [7, 11) is 0. The average molecular weight is 173 g/mol. The van der Waals surface area contributed by atoms with Crippen molar-refractivity contribution in [2.45, 2.75) is 57.7 Å². The topological polar surface area (TPSA) is 26.0 Å². The Morgan fingerprint density at radius 2 is 2.17 bits per heavy atom. The minimum atomic E-state index is -0.909. The molecule has 0 radical (unpaired) electrons. The Morgan fingerprint density at radius 1 is 1.58 bits per heavy atom. The summed E-state index contributed by atoms with van der Waals surface area (Å²) in [5.74, 6) is 0.521. The van der Waals surface area contributed by atoms with Crippen LogP contribution >= 0.6 is 0 Å². The Hall–Kier alpha value is -0.110. The first kappa shape index (κ1) is 9.97. The fourth-order valence-electron chi connectivity index (χ4n) is 2.27. The summed E-state index contributed by atoms with van der Waals surface area (Å²) < 4.78 is 13.7. The van der Waals surface area contributed by atoms with Gasteiger partial charge in [0, 0.05) is 6.04 Å². The van der Waals surface area contributed by atoms with Crippen molar-refractivity contribution in [2.75, 3.05) is 0 Å². The van der Waals surface area contributed by atoms with Gasteiger partial charge < -0.3 is 5.73 Å². The number of alkyl halides is 1. The third kappa shape index (κ3) is 2.44. The highest BCUT2D eigenvalue weighted by molar-refractivity contribution is 4.97. The number of hydrogen-bond donors (Lipinski definition) is 1. The van der Waals surface area contributed by atoms with Crippen LogP contribution in [0.1, 0.15) is 46.0 Å². The molecule has 0 heterocycles. The van der Waals surface area contributed by atoms with Gasteiger partial charge in [-0.05, 0) is 25.2 Å². The van der Waals surface area contributed by atoms with Gasteiger partial charge in [-0.1, -0.05) is 26.7 Å². The molecule has 1 atom stereocenters. The van der Waals surface area contributed by atoms with Gasteiger partial charge >= 0.3 is 0 Å². The van der Waals surface area contributed by atoms with Gasteiger partial charge in [-0.2, -0.15) is 0 Å². The molecule has 1 nitrogen and oxygen atoms in total. The molecule has 0 spiro atoms. The van der Waals surface area contributed by atoms with Gasteiger partial charge in [-0.25, -0.2) is 4.39 Å². The molecule has 1 saturated carbocycles. The standard InChI is InChI=1S/C10H20FN/c1-3-4-8(2)5-10(11)6-9(12)7-10/h8-9H,3-7,12H2,1-2H3. The van der Waals surface area contributed by atoms with Crippen molar-refractivity contribution in [2.24, 2.45) is 11.7 Å². The van der Waals surface area contributed by atoms with Crippen molar-refractivity contribution in [1.29, 1.82) is 0 Å². The van der Waals surface area contributed by atoms with Gasteiger partial charge in [-0.3, -0.25) is 0 Å². The molecule has 0 aliphatic heterocycles. The summed E-state index contributed by atoms with van der Waals surface area (Å²) in [5, 5.41) is 0. The molecule has 12 heavy (non-hydrogen) atoms. The predicted octanol–water partition coefficient (Wildman–Crippen LogP) is 2.64. The Kier molecular flexibility index (Phi) is 3.10. The van der Waals surface area contributed by atoms with Crippen molar-refractivity contribution in [3.05, 3.63) is 0 Å². The second-order valence-corrected chi connectivity index (χ2v) is 4.42. The van der Waals surface area contributed by atoms with Gasteiger partial charge in [0.2, 0.25) is 0 Å². The van der Waals surface area contributed by atoms with E-state index < -0.39 is 5.67 Å². The molecule has 0 aromatic heterocycles. The van der Waals surface area contributed by atoms with Crippen LogP contribution in [0.15, 0.2) is 0 Å². The van der Waals surface area contributed by atoms with Crippen molar-refractivity contribution >= 4 is 0 Å². The first-order valence-corrected chi connectivity index (χ1v) is 5.00. The van der Waals surface area contributed by atoms with E-state index in [1.165, 1.54) is 0 Å². The number of nitrogens with two attached hydrogens (primary N) is 1. The molecule has 0 amide bonds. The fraction of sp³-hybridized carbons (Fsp3) is 1.00. The molecular weight excluding hydrogens is 153 g/mol. The molecule has 0 aromatic carbocycles. The van der Waals surface area contributed by atoms with E-state index in [2.05, 4.69) is 13.8 Å². The minimum absolute atomic E-state index is 0.129. The largest absolute Gasteiger partial charge is 0.327 e. The average Bonchev–Trinajstić information content (AvgIpc) is 1.83. The number of halogens is 1. The Bertz CT molecular complexity index is 141. The van der Waals surface area contributed by atoms with Crippen LogP contribution in [0.4, 0.5) is 4.39 Å². The number of rotatable bonds is 4. The molecule has 1 unspecified atom stereocenters. The van der Waals surface area contributed by atoms with Crippen LogP contribution in [0.3, 0.4) is 0 Å². The molecule has 72 valence electrons. The van der Waals surface area contributed by atoms with Crippen molar-refractivity contribution in [3.63, 3.8) is 0 Å². The van der Waals surface area contributed by atoms with E-state index in [1.807, 2.05) is 0 Å². The zero-order valence-electron chi connectivity index (χ0n) is 8.15. The fourth-order valence-corrected chi connectivity index (χ4v) is 2.27. The van der Waals surface area contributed by atoms with E-state index >= 15 is 0 Å². The maximum Gasteiger partial charge on any atom is 0.114 e. The van der Waals surface area contributed by atoms with E-state index in [0.717, 1.165) is 12.8 Å². The van der Waals surface area contributed by atoms with Gasteiger partial charge in [-0.15, -0.1) is 0 Å². The summed E-state index contributed by atoms with van der Waals surface area (Å²) >= 11 is 0. The molecule has 1 fully saturated rings. The van der Waals surface area contributed by atoms with Crippen LogP contribution in [-0.4, -0.2) is 11.7 Å². The highest BCUT2D eigenvalue weighted by atomic mass is 19.1. The lowest BCUT2D eigenvalue weighted by atomic mass is 9.72. The van der Waals surface area contributed by atoms with E-state index in [0.29, 0.717) is 25.2 Å². The van der Waals surface area contributed by atoms with Crippen molar-refractivity contribution in [3.8, 4) is 0 Å². The summed E-state index contributed by atoms with van der Waals surface area (Å²) in [6.45, 7) is 4.28. The third-order valence-corrected chi connectivity index (χ3v) is 2.75. The zero-order chi connectivity index (χ0) is 9.19. The van der Waals surface area contributed by atoms with E-state index in [9.17, 15) is 4.39 Å². The zero-order valence-corrected chi connectivity index (χ0v) is 8.15. The van der Waals surface area contributed by atoms with Crippen molar-refractivity contribution in [1.82, 2.24) is 0 Å². The third-order valence-electron chi connectivity index (χ3n) is 2.75. The maximum absolute atomic E-state index is 13.7. The Morgan fingerprint density at radius 3 is 2.58 bits per heavy atom. The monoisotopic (exact) mass is 173 g/mol. The molecule has 2 heteroatoms. The second-order valence-electron chi connectivity index (χ2n) is 4.42. The Labute approximate surface area is 74.5 Å². The molecule has 1 aliphatic rings. The summed E-state index contributed by atoms with van der Waals surface area (Å²) in [6.07, 6.45) is 4.18. The van der Waals surface area contributed by atoms with Crippen LogP contribution in [0, 0.1) is 5.92 Å². The molecule has 0 bridgehead atoms. The smallest absolute Gasteiger partial charge is 0.114 e. The second kappa shape index (κ2) is 3.73. The van der Waals surface area contributed by atoms with E-state index in [4.69, 9.17) is 5.73 Å². The summed E-state index contributed by atoms with van der Waals surface area (Å²) in [5.41, 5.74) is 4.66. The van der Waals surface area contributed by atoms with E-state index in [1.54, 1.807) is 0 Å². The summed E-state index contributed by atoms with van der Waals surface area (Å²) in [4.78, 5) is 0. The molecule has 2 N–H and O–H groups in total. The molecule has 1 rings (SSSR count). The van der Waals surface area contributed by atoms with Crippen LogP contribution < -0.4 is 5.73 Å². The highest BCUT2D eigenvalue weighted by Gasteiger charge is 2.43. The highest BCUT2D eigenvalue weighted by Crippen LogP contribution is 2.40. The van der Waals surface area contributed by atoms with Crippen LogP contribution in [-0.2, 0) is 0 Å². The quantitative estimate of drug-likeness (QED) is 0.695. The number of hydrogen-bond acceptors (Lipinski definition) is 1. The predicted molar refractivity (Wildman–Crippen MR) is 49.7 cm³/mol. The van der Waals surface area contributed by atoms with Gasteiger partial charge in [0.05, 0.1) is 0 Å². The molecule has 0 aromatic rings. The van der Waals surface area contributed by atoms with Crippen LogP contribution in [0.2, 0.25) is 0 Å². The molecular formula is C10H20FN. The minimum Gasteiger partial charge on any atom is -0.327 e. The molecule has 1 aliphatic carbocycles. The van der Waals surface area contributed by atoms with Crippen LogP contribution in [0.25, 0.3) is 0 Å². The SMILES string of the molecule is CCCC(C)CC1(F)CC(N)C1. The first-order valence-electron chi connectivity index (χ1n) is 5.00. The lowest BCUT2D eigenvalue weighted by Crippen LogP contribution is -2.49. The van der Waals surface area contributed by atoms with Gasteiger partial charge in [0.15, 0.2) is 0 Å². The first-order chi connectivity index (χ1) is 5.56. The van der Waals surface area contributed by atoms with Gasteiger partial charge in [0.1, 0.15) is 5.67 Å². The van der Waals surface area contributed by atoms with Crippen molar-refractivity contribution < 1.29 is 4.39 Å². The summed E-state index contributed by atoms with van der Waals surface area (Å²) in [6, 6.07) is 0.129. The van der Waals surface area contributed by atoms with Crippen LogP contribution in [0.5, 0.6) is 0 Å².